The molecule has 0 N–H and O–H groups in total. The molecule has 0 fully saturated rings. The summed E-state index contributed by atoms with van der Waals surface area (Å²) >= 11 is 6.95. The van der Waals surface area contributed by atoms with Crippen LogP contribution >= 0.6 is 31.9 Å². The van der Waals surface area contributed by atoms with E-state index in [1.54, 1.807) is 12.1 Å². The number of alkyl halides is 2. The van der Waals surface area contributed by atoms with Crippen LogP contribution in [0.3, 0.4) is 0 Å². The van der Waals surface area contributed by atoms with Crippen LogP contribution in [-0.4, -0.2) is 30.6 Å². The molecule has 0 aromatic heterocycles. The van der Waals surface area contributed by atoms with Crippen LogP contribution in [0.25, 0.3) is 0 Å². The van der Waals surface area contributed by atoms with Gasteiger partial charge in [-0.2, -0.15) is 0 Å². The van der Waals surface area contributed by atoms with E-state index in [2.05, 4.69) is 31.9 Å². The summed E-state index contributed by atoms with van der Waals surface area (Å²) in [5.74, 6) is 0.0809. The van der Waals surface area contributed by atoms with Gasteiger partial charge < -0.3 is 0 Å². The fourth-order valence-corrected chi connectivity index (χ4v) is 5.70. The minimum absolute atomic E-state index is 0.148. The third-order valence-electron chi connectivity index (χ3n) is 3.37. The molecule has 1 rings (SSSR count). The van der Waals surface area contributed by atoms with Crippen molar-refractivity contribution >= 4 is 41.7 Å². The summed E-state index contributed by atoms with van der Waals surface area (Å²) in [6, 6.07) is 6.28. The van der Waals surface area contributed by atoms with Crippen molar-refractivity contribution in [1.29, 1.82) is 0 Å². The molecule has 0 radical (unpaired) electrons. The van der Waals surface area contributed by atoms with Crippen molar-refractivity contribution in [2.75, 3.05) is 22.2 Å². The van der Waals surface area contributed by atoms with E-state index in [4.69, 9.17) is 0 Å². The van der Waals surface area contributed by atoms with Crippen LogP contribution in [0, 0.1) is 5.82 Å². The molecule has 0 bridgehead atoms. The van der Waals surface area contributed by atoms with E-state index in [1.165, 1.54) is 12.1 Å². The molecule has 0 amide bonds. The van der Waals surface area contributed by atoms with Crippen molar-refractivity contribution in [3.8, 4) is 0 Å². The van der Waals surface area contributed by atoms with E-state index in [1.807, 2.05) is 6.92 Å². The van der Waals surface area contributed by atoms with E-state index in [0.29, 0.717) is 23.5 Å². The summed E-state index contributed by atoms with van der Waals surface area (Å²) in [5.41, 5.74) is 0.605. The van der Waals surface area contributed by atoms with Gasteiger partial charge in [-0.25, -0.2) is 12.8 Å². The molecule has 0 saturated carbocycles. The fraction of sp³-hybridized carbons (Fsp3) is 0.571. The second-order valence-corrected chi connectivity index (χ2v) is 8.38. The first-order chi connectivity index (χ1) is 9.39. The quantitative estimate of drug-likeness (QED) is 0.583. The van der Waals surface area contributed by atoms with Crippen molar-refractivity contribution in [1.82, 2.24) is 0 Å². The molecule has 1 aromatic carbocycles. The van der Waals surface area contributed by atoms with Gasteiger partial charge in [-0.05, 0) is 30.5 Å². The van der Waals surface area contributed by atoms with E-state index in [0.717, 1.165) is 5.56 Å². The molecule has 6 heteroatoms. The van der Waals surface area contributed by atoms with Crippen LogP contribution in [0.1, 0.15) is 25.3 Å². The summed E-state index contributed by atoms with van der Waals surface area (Å²) in [6.07, 6.45) is 1.14. The van der Waals surface area contributed by atoms with Gasteiger partial charge in [0.05, 0.1) is 5.75 Å². The molecule has 0 spiro atoms. The molecule has 1 aromatic rings. The molecular weight excluding hydrogens is 411 g/mol. The lowest BCUT2D eigenvalue weighted by molar-refractivity contribution is 0.521. The van der Waals surface area contributed by atoms with Crippen LogP contribution in [0.5, 0.6) is 0 Å². The molecule has 20 heavy (non-hydrogen) atoms. The number of halogens is 3. The normalized spacial score (nSPS) is 12.6. The molecule has 0 aliphatic carbocycles. The summed E-state index contributed by atoms with van der Waals surface area (Å²) in [4.78, 5) is 0. The van der Waals surface area contributed by atoms with Crippen molar-refractivity contribution in [3.63, 3.8) is 0 Å². The minimum atomic E-state index is -3.02. The highest BCUT2D eigenvalue weighted by Gasteiger charge is 2.31. The second-order valence-electron chi connectivity index (χ2n) is 4.96. The third kappa shape index (κ3) is 4.81. The zero-order chi connectivity index (χ0) is 15.2. The van der Waals surface area contributed by atoms with Gasteiger partial charge in [0.15, 0.2) is 0 Å². The average molecular weight is 430 g/mol. The molecule has 0 atom stereocenters. The first-order valence-corrected chi connectivity index (χ1v) is 10.5. The number of sulfone groups is 1. The van der Waals surface area contributed by atoms with E-state index < -0.39 is 9.84 Å². The van der Waals surface area contributed by atoms with Crippen molar-refractivity contribution in [2.45, 2.75) is 25.2 Å². The Morgan fingerprint density at radius 2 is 1.65 bits per heavy atom. The molecule has 0 unspecified atom stereocenters. The van der Waals surface area contributed by atoms with Crippen LogP contribution in [0.15, 0.2) is 24.3 Å². The zero-order valence-corrected chi connectivity index (χ0v) is 15.4. The maximum atomic E-state index is 13.0. The SMILES string of the molecule is CCCS(=O)(=O)CCC(CBr)(CBr)c1ccc(F)cc1. The number of hydrogen-bond acceptors (Lipinski definition) is 2. The van der Waals surface area contributed by atoms with Crippen LogP contribution in [0.2, 0.25) is 0 Å². The monoisotopic (exact) mass is 428 g/mol. The van der Waals surface area contributed by atoms with Crippen molar-refractivity contribution in [3.05, 3.63) is 35.6 Å². The van der Waals surface area contributed by atoms with Gasteiger partial charge in [0.25, 0.3) is 0 Å². The van der Waals surface area contributed by atoms with Gasteiger partial charge in [-0.1, -0.05) is 50.9 Å². The lowest BCUT2D eigenvalue weighted by Gasteiger charge is -2.30. The van der Waals surface area contributed by atoms with Gasteiger partial charge >= 0.3 is 0 Å². The lowest BCUT2D eigenvalue weighted by Crippen LogP contribution is -2.33. The highest BCUT2D eigenvalue weighted by atomic mass is 79.9. The standard InChI is InChI=1S/C14H19Br2FO2S/c1-2-8-20(18,19)9-7-14(10-15,11-16)12-3-5-13(17)6-4-12/h3-6H,2,7-11H2,1H3. The molecule has 114 valence electrons. The Balaban J connectivity index is 2.95. The Labute approximate surface area is 137 Å². The summed E-state index contributed by atoms with van der Waals surface area (Å²) in [6.45, 7) is 1.86. The number of rotatable bonds is 8. The second kappa shape index (κ2) is 7.90. The number of hydrogen-bond donors (Lipinski definition) is 0. The average Bonchev–Trinajstić information content (AvgIpc) is 2.42. The first kappa shape index (κ1) is 18.1. The highest BCUT2D eigenvalue weighted by Crippen LogP contribution is 2.33. The molecule has 2 nitrogen and oxygen atoms in total. The Morgan fingerprint density at radius 1 is 1.10 bits per heavy atom. The van der Waals surface area contributed by atoms with Gasteiger partial charge in [0, 0.05) is 21.8 Å². The van der Waals surface area contributed by atoms with E-state index in [9.17, 15) is 12.8 Å². The maximum absolute atomic E-state index is 13.0. The van der Waals surface area contributed by atoms with E-state index >= 15 is 0 Å². The van der Waals surface area contributed by atoms with Crippen molar-refractivity contribution < 1.29 is 12.8 Å². The maximum Gasteiger partial charge on any atom is 0.150 e. The Kier molecular flexibility index (Phi) is 7.15. The smallest absolute Gasteiger partial charge is 0.150 e. The predicted molar refractivity (Wildman–Crippen MR) is 89.2 cm³/mol. The highest BCUT2D eigenvalue weighted by molar-refractivity contribution is 9.09. The topological polar surface area (TPSA) is 34.1 Å². The predicted octanol–water partition coefficient (Wildman–Crippen LogP) is 4.07. The van der Waals surface area contributed by atoms with Crippen LogP contribution in [0.4, 0.5) is 4.39 Å². The van der Waals surface area contributed by atoms with E-state index in [-0.39, 0.29) is 22.7 Å². The molecular formula is C14H19Br2FO2S. The minimum Gasteiger partial charge on any atom is -0.229 e. The number of benzene rings is 1. The Bertz CT molecular complexity index is 510. The molecule has 0 aliphatic heterocycles. The Hall–Kier alpha value is 0.0600. The molecule has 0 saturated heterocycles. The first-order valence-electron chi connectivity index (χ1n) is 6.47. The molecule has 0 heterocycles. The van der Waals surface area contributed by atoms with Crippen LogP contribution < -0.4 is 0 Å². The summed E-state index contributed by atoms with van der Waals surface area (Å²) < 4.78 is 36.8. The largest absolute Gasteiger partial charge is 0.229 e. The lowest BCUT2D eigenvalue weighted by atomic mass is 9.82. The molecule has 0 aliphatic rings. The zero-order valence-electron chi connectivity index (χ0n) is 11.4. The fourth-order valence-electron chi connectivity index (χ4n) is 2.04. The van der Waals surface area contributed by atoms with Gasteiger partial charge in [0.2, 0.25) is 0 Å². The van der Waals surface area contributed by atoms with Gasteiger partial charge in [-0.15, -0.1) is 0 Å². The van der Waals surface area contributed by atoms with Crippen molar-refractivity contribution in [2.24, 2.45) is 0 Å². The summed E-state index contributed by atoms with van der Waals surface area (Å²) in [7, 11) is -3.02. The third-order valence-corrected chi connectivity index (χ3v) is 7.38. The Morgan fingerprint density at radius 3 is 2.10 bits per heavy atom. The summed E-state index contributed by atoms with van der Waals surface area (Å²) in [5, 5.41) is 1.25. The van der Waals surface area contributed by atoms with Gasteiger partial charge in [-0.3, -0.25) is 0 Å². The van der Waals surface area contributed by atoms with Crippen LogP contribution in [-0.2, 0) is 15.3 Å². The van der Waals surface area contributed by atoms with Gasteiger partial charge in [0.1, 0.15) is 15.7 Å².